The van der Waals surface area contributed by atoms with Crippen molar-refractivity contribution in [1.29, 1.82) is 0 Å². The standard InChI is InChI=1S/C22H32N4O3/c1-6-7-11-17(14-23-21(28)29-22(3,4)5)25-20(27)19-15-24-26(16(19)2)18-12-9-8-10-13-18/h8-10,12-13,15,17H,6-7,11,14H2,1-5H3,(H,23,28)(H,25,27)/t17-/m1/s1. The Balaban J connectivity index is 2.04. The second-order valence-corrected chi connectivity index (χ2v) is 8.09. The number of carbonyl (C=O) groups excluding carboxylic acids is 2. The minimum Gasteiger partial charge on any atom is -0.444 e. The van der Waals surface area contributed by atoms with Gasteiger partial charge in [0.1, 0.15) is 5.60 Å². The van der Waals surface area contributed by atoms with Crippen LogP contribution in [0, 0.1) is 6.92 Å². The number of alkyl carbamates (subject to hydrolysis) is 1. The molecule has 0 aliphatic heterocycles. The van der Waals surface area contributed by atoms with E-state index in [1.807, 2.05) is 58.0 Å². The van der Waals surface area contributed by atoms with Crippen molar-refractivity contribution < 1.29 is 14.3 Å². The molecule has 0 unspecified atom stereocenters. The lowest BCUT2D eigenvalue weighted by atomic mass is 10.1. The van der Waals surface area contributed by atoms with Crippen LogP contribution in [0.3, 0.4) is 0 Å². The zero-order valence-corrected chi connectivity index (χ0v) is 18.0. The number of aromatic nitrogens is 2. The van der Waals surface area contributed by atoms with Gasteiger partial charge in [0.05, 0.1) is 23.1 Å². The third-order valence-corrected chi connectivity index (χ3v) is 4.39. The summed E-state index contributed by atoms with van der Waals surface area (Å²) in [6.45, 7) is 9.72. The second-order valence-electron chi connectivity index (χ2n) is 8.09. The minimum atomic E-state index is -0.560. The molecule has 2 rings (SSSR count). The Labute approximate surface area is 172 Å². The molecule has 1 heterocycles. The Bertz CT molecular complexity index is 809. The van der Waals surface area contributed by atoms with E-state index in [9.17, 15) is 9.59 Å². The maximum Gasteiger partial charge on any atom is 0.407 e. The van der Waals surface area contributed by atoms with E-state index in [0.717, 1.165) is 30.6 Å². The van der Waals surface area contributed by atoms with E-state index in [1.54, 1.807) is 10.9 Å². The smallest absolute Gasteiger partial charge is 0.407 e. The summed E-state index contributed by atoms with van der Waals surface area (Å²) in [4.78, 5) is 24.8. The number of nitrogens with one attached hydrogen (secondary N) is 2. The lowest BCUT2D eigenvalue weighted by Gasteiger charge is -2.22. The molecule has 0 fully saturated rings. The quantitative estimate of drug-likeness (QED) is 0.701. The Morgan fingerprint density at radius 2 is 1.90 bits per heavy atom. The van der Waals surface area contributed by atoms with Crippen LogP contribution in [0.1, 0.15) is 63.0 Å². The Kier molecular flexibility index (Phi) is 7.82. The molecule has 0 aliphatic carbocycles. The van der Waals surface area contributed by atoms with Crippen molar-refractivity contribution in [2.75, 3.05) is 6.54 Å². The average molecular weight is 401 g/mol. The summed E-state index contributed by atoms with van der Waals surface area (Å²) in [5.41, 5.74) is 1.63. The zero-order chi connectivity index (χ0) is 21.4. The number of benzene rings is 1. The molecule has 0 bridgehead atoms. The Hall–Kier alpha value is -2.83. The number of nitrogens with zero attached hydrogens (tertiary/aromatic N) is 2. The Morgan fingerprint density at radius 3 is 2.52 bits per heavy atom. The van der Waals surface area contributed by atoms with Gasteiger partial charge in [-0.3, -0.25) is 4.79 Å². The molecule has 7 nitrogen and oxygen atoms in total. The molecule has 2 amide bonds. The van der Waals surface area contributed by atoms with Gasteiger partial charge < -0.3 is 15.4 Å². The lowest BCUT2D eigenvalue weighted by molar-refractivity contribution is 0.0519. The molecule has 1 aromatic heterocycles. The fraction of sp³-hybridized carbons (Fsp3) is 0.500. The van der Waals surface area contributed by atoms with Crippen molar-refractivity contribution in [3.8, 4) is 5.69 Å². The van der Waals surface area contributed by atoms with E-state index in [1.165, 1.54) is 0 Å². The lowest BCUT2D eigenvalue weighted by Crippen LogP contribution is -2.45. The highest BCUT2D eigenvalue weighted by Crippen LogP contribution is 2.14. The molecular weight excluding hydrogens is 368 g/mol. The highest BCUT2D eigenvalue weighted by Gasteiger charge is 2.21. The summed E-state index contributed by atoms with van der Waals surface area (Å²) >= 11 is 0. The number of para-hydroxylation sites is 1. The molecule has 0 aliphatic rings. The summed E-state index contributed by atoms with van der Waals surface area (Å²) in [5.74, 6) is -0.197. The average Bonchev–Trinajstić information content (AvgIpc) is 3.04. The van der Waals surface area contributed by atoms with Gasteiger partial charge >= 0.3 is 6.09 Å². The van der Waals surface area contributed by atoms with Crippen LogP contribution < -0.4 is 10.6 Å². The first-order chi connectivity index (χ1) is 13.7. The van der Waals surface area contributed by atoms with Crippen molar-refractivity contribution in [3.63, 3.8) is 0 Å². The van der Waals surface area contributed by atoms with E-state index in [-0.39, 0.29) is 11.9 Å². The summed E-state index contributed by atoms with van der Waals surface area (Å²) in [7, 11) is 0. The minimum absolute atomic E-state index is 0.186. The van der Waals surface area contributed by atoms with Crippen molar-refractivity contribution in [1.82, 2.24) is 20.4 Å². The third-order valence-electron chi connectivity index (χ3n) is 4.39. The number of amides is 2. The predicted molar refractivity (Wildman–Crippen MR) is 113 cm³/mol. The molecule has 158 valence electrons. The summed E-state index contributed by atoms with van der Waals surface area (Å²) in [6, 6.07) is 9.49. The number of carbonyl (C=O) groups is 2. The first kappa shape index (κ1) is 22.5. The zero-order valence-electron chi connectivity index (χ0n) is 18.0. The van der Waals surface area contributed by atoms with E-state index in [0.29, 0.717) is 12.1 Å². The fourth-order valence-corrected chi connectivity index (χ4v) is 2.92. The highest BCUT2D eigenvalue weighted by atomic mass is 16.6. The van der Waals surface area contributed by atoms with E-state index < -0.39 is 11.7 Å². The molecule has 2 aromatic rings. The highest BCUT2D eigenvalue weighted by molar-refractivity contribution is 5.95. The van der Waals surface area contributed by atoms with Crippen LogP contribution in [0.2, 0.25) is 0 Å². The molecule has 0 spiro atoms. The van der Waals surface area contributed by atoms with Crippen molar-refractivity contribution in [2.24, 2.45) is 0 Å². The summed E-state index contributed by atoms with van der Waals surface area (Å²) in [5, 5.41) is 10.1. The summed E-state index contributed by atoms with van der Waals surface area (Å²) in [6.07, 6.45) is 3.81. The van der Waals surface area contributed by atoms with E-state index in [4.69, 9.17) is 4.74 Å². The van der Waals surface area contributed by atoms with E-state index >= 15 is 0 Å². The van der Waals surface area contributed by atoms with Gasteiger partial charge in [-0.25, -0.2) is 9.48 Å². The normalized spacial score (nSPS) is 12.3. The molecule has 29 heavy (non-hydrogen) atoms. The molecule has 2 N–H and O–H groups in total. The van der Waals surface area contributed by atoms with Gasteiger partial charge in [-0.15, -0.1) is 0 Å². The largest absolute Gasteiger partial charge is 0.444 e. The molecular formula is C22H32N4O3. The van der Waals surface area contributed by atoms with Gasteiger partial charge in [0.25, 0.3) is 5.91 Å². The van der Waals surface area contributed by atoms with Crippen molar-refractivity contribution in [3.05, 3.63) is 47.8 Å². The van der Waals surface area contributed by atoms with Gasteiger partial charge in [-0.2, -0.15) is 5.10 Å². The van der Waals surface area contributed by atoms with Crippen molar-refractivity contribution >= 4 is 12.0 Å². The van der Waals surface area contributed by atoms with Crippen molar-refractivity contribution in [2.45, 2.75) is 65.5 Å². The topological polar surface area (TPSA) is 85.2 Å². The molecule has 0 saturated carbocycles. The van der Waals surface area contributed by atoms with Gasteiger partial charge in [-0.05, 0) is 46.2 Å². The van der Waals surface area contributed by atoms with E-state index in [2.05, 4.69) is 22.7 Å². The van der Waals surface area contributed by atoms with Gasteiger partial charge in [0.15, 0.2) is 0 Å². The fourth-order valence-electron chi connectivity index (χ4n) is 2.92. The first-order valence-corrected chi connectivity index (χ1v) is 10.1. The van der Waals surface area contributed by atoms with Gasteiger partial charge in [0, 0.05) is 12.6 Å². The van der Waals surface area contributed by atoms with Crippen LogP contribution in [-0.4, -0.2) is 40.0 Å². The number of hydrogen-bond donors (Lipinski definition) is 2. The van der Waals surface area contributed by atoms with Crippen LogP contribution in [0.15, 0.2) is 36.5 Å². The van der Waals surface area contributed by atoms with Crippen LogP contribution in [0.25, 0.3) is 5.69 Å². The maximum atomic E-state index is 12.8. The van der Waals surface area contributed by atoms with Crippen LogP contribution in [-0.2, 0) is 4.74 Å². The Morgan fingerprint density at radius 1 is 1.21 bits per heavy atom. The molecule has 1 atom stereocenters. The van der Waals surface area contributed by atoms with Gasteiger partial charge in [-0.1, -0.05) is 38.0 Å². The molecule has 7 heteroatoms. The molecule has 0 saturated heterocycles. The van der Waals surface area contributed by atoms with Gasteiger partial charge in [0.2, 0.25) is 0 Å². The number of ether oxygens (including phenoxy) is 1. The number of unbranched alkanes of at least 4 members (excludes halogenated alkanes) is 1. The molecule has 0 radical (unpaired) electrons. The maximum absolute atomic E-state index is 12.8. The predicted octanol–water partition coefficient (Wildman–Crippen LogP) is 3.99. The van der Waals surface area contributed by atoms with Crippen LogP contribution in [0.4, 0.5) is 4.79 Å². The SMILES string of the molecule is CCCC[C@H](CNC(=O)OC(C)(C)C)NC(=O)c1cnn(-c2ccccc2)c1C. The number of rotatable bonds is 8. The molecule has 1 aromatic carbocycles. The summed E-state index contributed by atoms with van der Waals surface area (Å²) < 4.78 is 7.02. The third kappa shape index (κ3) is 6.93. The van der Waals surface area contributed by atoms with Crippen LogP contribution in [0.5, 0.6) is 0 Å². The number of hydrogen-bond acceptors (Lipinski definition) is 4. The first-order valence-electron chi connectivity index (χ1n) is 10.1. The second kappa shape index (κ2) is 10.1. The van der Waals surface area contributed by atoms with Crippen LogP contribution >= 0.6 is 0 Å². The monoisotopic (exact) mass is 400 g/mol.